The molecular weight excluding hydrogens is 635 g/mol. The van der Waals surface area contributed by atoms with E-state index in [-0.39, 0.29) is 23.6 Å². The minimum atomic E-state index is -2.28. The van der Waals surface area contributed by atoms with Crippen molar-refractivity contribution in [2.75, 3.05) is 26.6 Å². The second kappa shape index (κ2) is 14.6. The van der Waals surface area contributed by atoms with E-state index in [1.807, 2.05) is 66.7 Å². The van der Waals surface area contributed by atoms with E-state index in [0.29, 0.717) is 12.0 Å². The van der Waals surface area contributed by atoms with Gasteiger partial charge in [0.1, 0.15) is 35.2 Å². The molecule has 0 bridgehead atoms. The van der Waals surface area contributed by atoms with Gasteiger partial charge in [0.15, 0.2) is 8.32 Å². The van der Waals surface area contributed by atoms with Gasteiger partial charge in [-0.05, 0) is 66.0 Å². The number of benzene rings is 3. The number of aromatic nitrogens is 2. The second-order valence-corrected chi connectivity index (χ2v) is 18.5. The van der Waals surface area contributed by atoms with Crippen LogP contribution in [0.25, 0.3) is 0 Å². The maximum atomic E-state index is 13.2. The van der Waals surface area contributed by atoms with E-state index in [4.69, 9.17) is 29.1 Å². The molecule has 1 fully saturated rings. The van der Waals surface area contributed by atoms with Crippen molar-refractivity contribution in [1.29, 1.82) is 0 Å². The summed E-state index contributed by atoms with van der Waals surface area (Å²) in [6.45, 7) is 12.9. The number of nitrogen functional groups attached to an aromatic ring is 1. The minimum Gasteiger partial charge on any atom is -0.497 e. The first-order valence-corrected chi connectivity index (χ1v) is 19.4. The predicted octanol–water partition coefficient (Wildman–Crippen LogP) is 6.90. The lowest BCUT2D eigenvalue weighted by Crippen LogP contribution is -2.47. The fraction of sp³-hybridized carbons (Fsp3) is 0.385. The van der Waals surface area contributed by atoms with Crippen LogP contribution in [0.2, 0.25) is 18.1 Å². The third-order valence-corrected chi connectivity index (χ3v) is 14.1. The summed E-state index contributed by atoms with van der Waals surface area (Å²) >= 11 is 0. The zero-order chi connectivity index (χ0) is 35.4. The molecule has 3 atom stereocenters. The van der Waals surface area contributed by atoms with Gasteiger partial charge in [-0.15, -0.1) is 5.92 Å². The molecule has 1 aromatic heterocycles. The molecule has 0 amide bonds. The zero-order valence-electron chi connectivity index (χ0n) is 29.7. The van der Waals surface area contributed by atoms with Crippen molar-refractivity contribution >= 4 is 14.1 Å². The van der Waals surface area contributed by atoms with Crippen LogP contribution in [0.4, 0.5) is 5.82 Å². The third-order valence-electron chi connectivity index (χ3n) is 9.62. The Bertz CT molecular complexity index is 1790. The molecule has 5 rings (SSSR count). The number of nitrogens with two attached hydrogens (primary N) is 1. The molecule has 4 aromatic rings. The zero-order valence-corrected chi connectivity index (χ0v) is 30.7. The van der Waals surface area contributed by atoms with E-state index in [9.17, 15) is 4.79 Å². The Labute approximate surface area is 290 Å². The Morgan fingerprint density at radius 2 is 1.47 bits per heavy atom. The molecule has 258 valence electrons. The summed E-state index contributed by atoms with van der Waals surface area (Å²) in [4.78, 5) is 17.2. The number of hydrogen-bond donors (Lipinski definition) is 1. The van der Waals surface area contributed by atoms with E-state index < -0.39 is 31.9 Å². The van der Waals surface area contributed by atoms with E-state index in [0.717, 1.165) is 28.2 Å². The Balaban J connectivity index is 1.61. The first kappa shape index (κ1) is 35.9. The van der Waals surface area contributed by atoms with Gasteiger partial charge in [-0.3, -0.25) is 4.57 Å². The van der Waals surface area contributed by atoms with Crippen molar-refractivity contribution < 1.29 is 23.4 Å². The van der Waals surface area contributed by atoms with Crippen LogP contribution in [-0.4, -0.2) is 50.9 Å². The molecule has 0 saturated carbocycles. The molecule has 49 heavy (non-hydrogen) atoms. The van der Waals surface area contributed by atoms with E-state index >= 15 is 0 Å². The summed E-state index contributed by atoms with van der Waals surface area (Å²) in [5, 5.41) is -0.0556. The van der Waals surface area contributed by atoms with E-state index in [1.165, 1.54) is 4.57 Å². The number of anilines is 1. The van der Waals surface area contributed by atoms with Crippen molar-refractivity contribution in [2.24, 2.45) is 0 Å². The molecule has 9 nitrogen and oxygen atoms in total. The maximum absolute atomic E-state index is 13.2. The van der Waals surface area contributed by atoms with E-state index in [2.05, 4.69) is 62.8 Å². The van der Waals surface area contributed by atoms with Crippen LogP contribution >= 0.6 is 0 Å². The highest BCUT2D eigenvalue weighted by Crippen LogP contribution is 2.44. The molecule has 0 radical (unpaired) electrons. The standard InChI is InChI=1S/C39H47N3O6Si/c1-9-13-27-25-42(37(43)41-36(27)40)35-24-33(48-49(7,8)38(2,3)4)34(47-35)26-46-39(28-14-11-10-12-15-28,29-16-20-31(44-5)21-17-29)30-18-22-32(45-6)23-19-30/h10-12,14-23,25,33-35H,24,26H2,1-8H3,(H2,40,41,43)/t33-,34+,35-/m0/s1. The molecule has 2 N–H and O–H groups in total. The first-order valence-electron chi connectivity index (χ1n) is 16.5. The average molecular weight is 682 g/mol. The maximum Gasteiger partial charge on any atom is 0.351 e. The van der Waals surface area contributed by atoms with Crippen LogP contribution in [0.1, 0.15) is 62.6 Å². The van der Waals surface area contributed by atoms with Crippen LogP contribution in [0.5, 0.6) is 11.5 Å². The van der Waals surface area contributed by atoms with Gasteiger partial charge in [0, 0.05) is 12.6 Å². The minimum absolute atomic E-state index is 0.0556. The van der Waals surface area contributed by atoms with Crippen molar-refractivity contribution in [3.05, 3.63) is 118 Å². The largest absolute Gasteiger partial charge is 0.497 e. The van der Waals surface area contributed by atoms with Gasteiger partial charge in [-0.2, -0.15) is 4.98 Å². The SMILES string of the molecule is CC#Cc1cn([C@@H]2C[C@H](O[Si](C)(C)C(C)(C)C)[C@@H](COC(c3ccccc3)(c3ccc(OC)cc3)c3ccc(OC)cc3)O2)c(=O)nc1N. The highest BCUT2D eigenvalue weighted by molar-refractivity contribution is 6.74. The van der Waals surface area contributed by atoms with Crippen LogP contribution in [0, 0.1) is 11.8 Å². The Hall–Kier alpha value is -4.40. The van der Waals surface area contributed by atoms with Crippen molar-refractivity contribution in [2.45, 2.75) is 76.3 Å². The number of rotatable bonds is 11. The third kappa shape index (κ3) is 7.45. The topological polar surface area (TPSA) is 107 Å². The van der Waals surface area contributed by atoms with Gasteiger partial charge in [0.05, 0.1) is 32.5 Å². The van der Waals surface area contributed by atoms with Crippen LogP contribution in [0.15, 0.2) is 89.9 Å². The van der Waals surface area contributed by atoms with Crippen LogP contribution in [0.3, 0.4) is 0 Å². The molecule has 0 aliphatic carbocycles. The summed E-state index contributed by atoms with van der Waals surface area (Å²) in [5.74, 6) is 7.35. The fourth-order valence-electron chi connectivity index (χ4n) is 5.90. The van der Waals surface area contributed by atoms with Gasteiger partial charge >= 0.3 is 5.69 Å². The molecule has 2 heterocycles. The first-order chi connectivity index (χ1) is 23.3. The smallest absolute Gasteiger partial charge is 0.351 e. The van der Waals surface area contributed by atoms with E-state index in [1.54, 1.807) is 27.3 Å². The van der Waals surface area contributed by atoms with Gasteiger partial charge < -0.3 is 29.1 Å². The summed E-state index contributed by atoms with van der Waals surface area (Å²) in [6.07, 6.45) is 0.505. The summed E-state index contributed by atoms with van der Waals surface area (Å²) < 4.78 is 33.5. The molecule has 1 aliphatic heterocycles. The molecule has 0 spiro atoms. The number of methoxy groups -OCH3 is 2. The lowest BCUT2D eigenvalue weighted by atomic mass is 9.80. The van der Waals surface area contributed by atoms with Crippen molar-refractivity contribution in [1.82, 2.24) is 9.55 Å². The Morgan fingerprint density at radius 1 is 0.918 bits per heavy atom. The second-order valence-electron chi connectivity index (χ2n) is 13.7. The highest BCUT2D eigenvalue weighted by Gasteiger charge is 2.47. The Kier molecular flexibility index (Phi) is 10.7. The molecule has 1 saturated heterocycles. The molecule has 0 unspecified atom stereocenters. The predicted molar refractivity (Wildman–Crippen MR) is 194 cm³/mol. The van der Waals surface area contributed by atoms with Crippen molar-refractivity contribution in [3.8, 4) is 23.3 Å². The normalized spacial score (nSPS) is 18.1. The van der Waals surface area contributed by atoms with Crippen molar-refractivity contribution in [3.63, 3.8) is 0 Å². The molecule has 1 aliphatic rings. The van der Waals surface area contributed by atoms with Gasteiger partial charge in [-0.1, -0.05) is 81.3 Å². The summed E-state index contributed by atoms with van der Waals surface area (Å²) in [7, 11) is 1.01. The number of nitrogens with zero attached hydrogens (tertiary/aromatic N) is 2. The van der Waals surface area contributed by atoms with Crippen LogP contribution < -0.4 is 20.9 Å². The fourth-order valence-corrected chi connectivity index (χ4v) is 7.26. The van der Waals surface area contributed by atoms with Gasteiger partial charge in [-0.25, -0.2) is 4.79 Å². The quantitative estimate of drug-likeness (QED) is 0.104. The monoisotopic (exact) mass is 681 g/mol. The highest BCUT2D eigenvalue weighted by atomic mass is 28.4. The lowest BCUT2D eigenvalue weighted by Gasteiger charge is -2.40. The number of ether oxygens (including phenoxy) is 4. The summed E-state index contributed by atoms with van der Waals surface area (Å²) in [6, 6.07) is 25.9. The average Bonchev–Trinajstić information content (AvgIpc) is 3.48. The van der Waals surface area contributed by atoms with Crippen LogP contribution in [-0.2, 0) is 19.5 Å². The summed E-state index contributed by atoms with van der Waals surface area (Å²) in [5.41, 5.74) is 7.69. The van der Waals surface area contributed by atoms with Gasteiger partial charge in [0.2, 0.25) is 0 Å². The van der Waals surface area contributed by atoms with Gasteiger partial charge in [0.25, 0.3) is 0 Å². The molecular formula is C39H47N3O6Si. The number of hydrogen-bond acceptors (Lipinski definition) is 8. The molecule has 3 aromatic carbocycles. The Morgan fingerprint density at radius 3 is 1.98 bits per heavy atom. The molecule has 10 heteroatoms. The lowest BCUT2D eigenvalue weighted by molar-refractivity contribution is -0.0928.